The number of hydrogen-bond acceptors (Lipinski definition) is 3. The molecule has 6 heteroatoms. The van der Waals surface area contributed by atoms with Gasteiger partial charge in [0.15, 0.2) is 6.61 Å². The Morgan fingerprint density at radius 3 is 2.80 bits per heavy atom. The quantitative estimate of drug-likeness (QED) is 0.862. The second-order valence-electron chi connectivity index (χ2n) is 5.80. The number of carbonyl (C=O) groups excluding carboxylic acids is 2. The van der Waals surface area contributed by atoms with Crippen LogP contribution in [0.4, 0.5) is 5.69 Å². The summed E-state index contributed by atoms with van der Waals surface area (Å²) in [7, 11) is 0. The molecule has 1 heterocycles. The van der Waals surface area contributed by atoms with Gasteiger partial charge in [-0.05, 0) is 30.2 Å². The van der Waals surface area contributed by atoms with Gasteiger partial charge in [0.05, 0.1) is 0 Å². The Morgan fingerprint density at radius 2 is 2.04 bits per heavy atom. The molecule has 0 spiro atoms. The molecular weight excluding hydrogens is 340 g/mol. The molecule has 1 N–H and O–H groups in total. The van der Waals surface area contributed by atoms with E-state index >= 15 is 0 Å². The number of nitrogens with zero attached hydrogens (tertiary/aromatic N) is 1. The molecule has 0 aliphatic carbocycles. The molecule has 2 aromatic carbocycles. The average molecular weight is 359 g/mol. The topological polar surface area (TPSA) is 58.6 Å². The first kappa shape index (κ1) is 17.3. The Morgan fingerprint density at radius 1 is 1.20 bits per heavy atom. The molecule has 25 heavy (non-hydrogen) atoms. The largest absolute Gasteiger partial charge is 0.484 e. The highest BCUT2D eigenvalue weighted by Crippen LogP contribution is 2.25. The monoisotopic (exact) mass is 358 g/mol. The molecule has 1 aliphatic rings. The number of benzene rings is 2. The smallest absolute Gasteiger partial charge is 0.258 e. The van der Waals surface area contributed by atoms with Crippen molar-refractivity contribution < 1.29 is 14.3 Å². The van der Waals surface area contributed by atoms with E-state index in [0.29, 0.717) is 23.7 Å². The molecule has 130 valence electrons. The van der Waals surface area contributed by atoms with E-state index in [-0.39, 0.29) is 18.4 Å². The molecule has 0 unspecified atom stereocenters. The molecule has 1 aliphatic heterocycles. The first-order valence-electron chi connectivity index (χ1n) is 8.17. The third-order valence-electron chi connectivity index (χ3n) is 4.01. The van der Waals surface area contributed by atoms with Crippen molar-refractivity contribution in [3.8, 4) is 5.75 Å². The van der Waals surface area contributed by atoms with E-state index in [2.05, 4.69) is 5.32 Å². The van der Waals surface area contributed by atoms with E-state index in [0.717, 1.165) is 24.2 Å². The minimum absolute atomic E-state index is 0.0954. The summed E-state index contributed by atoms with van der Waals surface area (Å²) in [5.74, 6) is 0.447. The zero-order chi connectivity index (χ0) is 17.6. The van der Waals surface area contributed by atoms with Crippen LogP contribution in [0, 0.1) is 0 Å². The van der Waals surface area contributed by atoms with Gasteiger partial charge in [0, 0.05) is 36.3 Å². The summed E-state index contributed by atoms with van der Waals surface area (Å²) in [6, 6.07) is 14.6. The second kappa shape index (κ2) is 8.03. The maximum atomic E-state index is 12.0. The van der Waals surface area contributed by atoms with Crippen LogP contribution in [0.15, 0.2) is 48.5 Å². The third kappa shape index (κ3) is 4.51. The number of anilines is 1. The molecular formula is C19H19ClN2O3. The zero-order valence-electron chi connectivity index (χ0n) is 13.7. The van der Waals surface area contributed by atoms with E-state index in [4.69, 9.17) is 16.3 Å². The molecule has 1 saturated heterocycles. The number of hydrogen-bond donors (Lipinski definition) is 1. The molecule has 2 amide bonds. The normalized spacial score (nSPS) is 13.8. The fourth-order valence-electron chi connectivity index (χ4n) is 2.70. The molecule has 0 atom stereocenters. The summed E-state index contributed by atoms with van der Waals surface area (Å²) in [6.45, 7) is 0.979. The number of ether oxygens (including phenoxy) is 1. The fourth-order valence-corrected chi connectivity index (χ4v) is 2.90. The average Bonchev–Trinajstić information content (AvgIpc) is 3.05. The number of rotatable bonds is 6. The molecule has 0 aromatic heterocycles. The summed E-state index contributed by atoms with van der Waals surface area (Å²) >= 11 is 6.06. The van der Waals surface area contributed by atoms with Gasteiger partial charge in [0.25, 0.3) is 5.91 Å². The first-order valence-corrected chi connectivity index (χ1v) is 8.54. The van der Waals surface area contributed by atoms with Gasteiger partial charge in [-0.1, -0.05) is 35.9 Å². The highest BCUT2D eigenvalue weighted by atomic mass is 35.5. The van der Waals surface area contributed by atoms with Crippen LogP contribution in [-0.4, -0.2) is 25.0 Å². The van der Waals surface area contributed by atoms with Crippen molar-refractivity contribution >= 4 is 29.1 Å². The molecule has 2 aromatic rings. The number of amides is 2. The third-order valence-corrected chi connectivity index (χ3v) is 4.38. The number of nitrogens with one attached hydrogen (secondary N) is 1. The lowest BCUT2D eigenvalue weighted by molar-refractivity contribution is -0.123. The molecule has 5 nitrogen and oxygen atoms in total. The van der Waals surface area contributed by atoms with Crippen molar-refractivity contribution in [3.05, 3.63) is 59.1 Å². The number of halogens is 1. The van der Waals surface area contributed by atoms with Crippen LogP contribution in [0.2, 0.25) is 5.02 Å². The van der Waals surface area contributed by atoms with Gasteiger partial charge in [-0.2, -0.15) is 0 Å². The predicted molar refractivity (Wildman–Crippen MR) is 96.8 cm³/mol. The molecule has 0 bridgehead atoms. The van der Waals surface area contributed by atoms with Crippen molar-refractivity contribution in [1.82, 2.24) is 5.32 Å². The molecule has 0 radical (unpaired) electrons. The van der Waals surface area contributed by atoms with Gasteiger partial charge >= 0.3 is 0 Å². The van der Waals surface area contributed by atoms with E-state index in [9.17, 15) is 9.59 Å². The minimum atomic E-state index is -0.234. The van der Waals surface area contributed by atoms with Crippen LogP contribution in [0.3, 0.4) is 0 Å². The SMILES string of the molecule is O=C(COc1cccc(N2CCCC2=O)c1)NCc1ccccc1Cl. The predicted octanol–water partition coefficient (Wildman–Crippen LogP) is 3.16. The van der Waals surface area contributed by atoms with Crippen molar-refractivity contribution in [2.75, 3.05) is 18.1 Å². The van der Waals surface area contributed by atoms with Crippen LogP contribution in [-0.2, 0) is 16.1 Å². The Hall–Kier alpha value is -2.53. The van der Waals surface area contributed by atoms with Gasteiger partial charge in [0.1, 0.15) is 5.75 Å². The van der Waals surface area contributed by atoms with Crippen molar-refractivity contribution in [2.45, 2.75) is 19.4 Å². The van der Waals surface area contributed by atoms with Crippen molar-refractivity contribution in [1.29, 1.82) is 0 Å². The lowest BCUT2D eigenvalue weighted by Gasteiger charge is -2.16. The standard InChI is InChI=1S/C19H19ClN2O3/c20-17-8-2-1-5-14(17)12-21-18(23)13-25-16-7-3-6-15(11-16)22-10-4-9-19(22)24/h1-3,5-8,11H,4,9-10,12-13H2,(H,21,23). The summed E-state index contributed by atoms with van der Waals surface area (Å²) in [6.07, 6.45) is 1.45. The highest BCUT2D eigenvalue weighted by molar-refractivity contribution is 6.31. The Balaban J connectivity index is 1.52. The van der Waals surface area contributed by atoms with Crippen molar-refractivity contribution in [3.63, 3.8) is 0 Å². The summed E-state index contributed by atoms with van der Waals surface area (Å²) in [4.78, 5) is 25.5. The van der Waals surface area contributed by atoms with E-state index in [1.807, 2.05) is 30.3 Å². The van der Waals surface area contributed by atoms with Crippen LogP contribution in [0.5, 0.6) is 5.75 Å². The number of carbonyl (C=O) groups is 2. The zero-order valence-corrected chi connectivity index (χ0v) is 14.5. The van der Waals surface area contributed by atoms with E-state index in [1.54, 1.807) is 23.1 Å². The highest BCUT2D eigenvalue weighted by Gasteiger charge is 2.21. The van der Waals surface area contributed by atoms with Gasteiger partial charge in [-0.3, -0.25) is 9.59 Å². The first-order chi connectivity index (χ1) is 12.1. The van der Waals surface area contributed by atoms with Crippen LogP contribution >= 0.6 is 11.6 Å². The maximum absolute atomic E-state index is 12.0. The fraction of sp³-hybridized carbons (Fsp3) is 0.263. The van der Waals surface area contributed by atoms with E-state index < -0.39 is 0 Å². The van der Waals surface area contributed by atoms with Crippen LogP contribution < -0.4 is 15.0 Å². The van der Waals surface area contributed by atoms with Crippen LogP contribution in [0.1, 0.15) is 18.4 Å². The van der Waals surface area contributed by atoms with Gasteiger partial charge in [0.2, 0.25) is 5.91 Å². The lowest BCUT2D eigenvalue weighted by atomic mass is 10.2. The Kier molecular flexibility index (Phi) is 5.56. The second-order valence-corrected chi connectivity index (χ2v) is 6.21. The maximum Gasteiger partial charge on any atom is 0.258 e. The Labute approximate surface area is 151 Å². The summed E-state index contributed by atoms with van der Waals surface area (Å²) in [5, 5.41) is 3.39. The van der Waals surface area contributed by atoms with Crippen LogP contribution in [0.25, 0.3) is 0 Å². The van der Waals surface area contributed by atoms with Gasteiger partial charge in [-0.15, -0.1) is 0 Å². The Bertz CT molecular complexity index is 779. The van der Waals surface area contributed by atoms with Gasteiger partial charge < -0.3 is 15.0 Å². The lowest BCUT2D eigenvalue weighted by Crippen LogP contribution is -2.28. The molecule has 0 saturated carbocycles. The summed E-state index contributed by atoms with van der Waals surface area (Å²) < 4.78 is 5.54. The minimum Gasteiger partial charge on any atom is -0.484 e. The van der Waals surface area contributed by atoms with Gasteiger partial charge in [-0.25, -0.2) is 0 Å². The summed E-state index contributed by atoms with van der Waals surface area (Å²) in [5.41, 5.74) is 1.66. The van der Waals surface area contributed by atoms with E-state index in [1.165, 1.54) is 0 Å². The molecule has 3 rings (SSSR count). The molecule has 1 fully saturated rings. The van der Waals surface area contributed by atoms with Crippen molar-refractivity contribution in [2.24, 2.45) is 0 Å².